The van der Waals surface area contributed by atoms with Crippen molar-refractivity contribution >= 4 is 86.7 Å². The molecule has 124 heavy (non-hydrogen) atoms. The van der Waals surface area contributed by atoms with Crippen LogP contribution in [0.3, 0.4) is 0 Å². The van der Waals surface area contributed by atoms with Crippen molar-refractivity contribution in [3.8, 4) is 145 Å². The van der Waals surface area contributed by atoms with Crippen LogP contribution in [0, 0.1) is 0 Å². The van der Waals surface area contributed by atoms with E-state index in [2.05, 4.69) is 484 Å². The van der Waals surface area contributed by atoms with E-state index in [9.17, 15) is 0 Å². The molecule has 23 rings (SSSR count). The molecular weight excluding hydrogens is 1490 g/mol. The van der Waals surface area contributed by atoms with Crippen molar-refractivity contribution in [2.24, 2.45) is 0 Å². The van der Waals surface area contributed by atoms with E-state index in [0.29, 0.717) is 0 Å². The van der Waals surface area contributed by atoms with Gasteiger partial charge in [-0.15, -0.1) is 0 Å². The van der Waals surface area contributed by atoms with Gasteiger partial charge in [0.05, 0.1) is 0 Å². The van der Waals surface area contributed by atoms with Crippen LogP contribution >= 0.6 is 0 Å². The molecule has 0 saturated carbocycles. The van der Waals surface area contributed by atoms with Crippen molar-refractivity contribution < 1.29 is 0 Å². The molecule has 0 bridgehead atoms. The number of para-hydroxylation sites is 2. The lowest BCUT2D eigenvalue weighted by molar-refractivity contribution is 0.827. The second kappa shape index (κ2) is 32.1. The number of aromatic nitrogens is 2. The van der Waals surface area contributed by atoms with E-state index in [4.69, 9.17) is 0 Å². The second-order valence-corrected chi connectivity index (χ2v) is 32.6. The van der Waals surface area contributed by atoms with Crippen molar-refractivity contribution in [1.29, 1.82) is 0 Å². The van der Waals surface area contributed by atoms with Gasteiger partial charge in [-0.3, -0.25) is 0 Å². The number of aryl methyl sites for hydroxylation is 2. The number of hydrogen-bond acceptors (Lipinski definition) is 0. The Bertz CT molecular complexity index is 7930. The summed E-state index contributed by atoms with van der Waals surface area (Å²) in [5, 5.41) is 15.1. The van der Waals surface area contributed by atoms with Gasteiger partial charge >= 0.3 is 0 Å². The van der Waals surface area contributed by atoms with Crippen molar-refractivity contribution in [3.63, 3.8) is 0 Å². The zero-order valence-electron chi connectivity index (χ0n) is 69.2. The molecule has 23 aromatic rings. The van der Waals surface area contributed by atoms with Crippen LogP contribution < -0.4 is 0 Å². The molecule has 2 nitrogen and oxygen atoms in total. The van der Waals surface area contributed by atoms with Crippen LogP contribution in [-0.4, -0.2) is 9.13 Å². The van der Waals surface area contributed by atoms with Crippen molar-refractivity contribution in [3.05, 3.63) is 461 Å². The highest BCUT2D eigenvalue weighted by atomic mass is 15.0. The zero-order valence-corrected chi connectivity index (χ0v) is 69.2. The number of nitrogens with zero attached hydrogens (tertiary/aromatic N) is 2. The first-order valence-electron chi connectivity index (χ1n) is 43.3. The van der Waals surface area contributed by atoms with Crippen molar-refractivity contribution in [2.45, 2.75) is 26.9 Å². The molecule has 0 unspecified atom stereocenters. The maximum Gasteiger partial charge on any atom is 0.0491 e. The molecule has 0 spiro atoms. The summed E-state index contributed by atoms with van der Waals surface area (Å²) in [6.45, 7) is 6.33. The third-order valence-electron chi connectivity index (χ3n) is 25.6. The first-order chi connectivity index (χ1) is 61.4. The number of benzene rings is 21. The summed E-state index contributed by atoms with van der Waals surface area (Å²) >= 11 is 0. The molecular formula is C122H86N2. The molecule has 0 atom stereocenters. The monoisotopic (exact) mass is 1580 g/mol. The molecule has 21 aromatic carbocycles. The van der Waals surface area contributed by atoms with Gasteiger partial charge in [-0.05, 0) is 262 Å². The van der Waals surface area contributed by atoms with Gasteiger partial charge in [0, 0.05) is 56.7 Å². The minimum Gasteiger partial charge on any atom is -0.341 e. The largest absolute Gasteiger partial charge is 0.341 e. The summed E-state index contributed by atoms with van der Waals surface area (Å²) < 4.78 is 4.84. The Morgan fingerprint density at radius 2 is 0.282 bits per heavy atom. The van der Waals surface area contributed by atoms with E-state index in [-0.39, 0.29) is 0 Å². The van der Waals surface area contributed by atoms with Crippen LogP contribution in [0.15, 0.2) is 461 Å². The normalized spacial score (nSPS) is 11.5. The van der Waals surface area contributed by atoms with Crippen LogP contribution in [0.4, 0.5) is 0 Å². The molecule has 2 heteroatoms. The van der Waals surface area contributed by atoms with Crippen molar-refractivity contribution in [1.82, 2.24) is 9.13 Å². The topological polar surface area (TPSA) is 9.86 Å². The Balaban J connectivity index is 0.000000148. The van der Waals surface area contributed by atoms with Gasteiger partial charge in [0.1, 0.15) is 0 Å². The maximum atomic E-state index is 2.42. The quantitative estimate of drug-likeness (QED) is 0.0906. The molecule has 0 aliphatic rings. The average molecular weight is 1580 g/mol. The summed E-state index contributed by atoms with van der Waals surface area (Å²) in [5.74, 6) is 0. The third kappa shape index (κ3) is 13.6. The fourth-order valence-electron chi connectivity index (χ4n) is 19.5. The molecule has 0 aliphatic carbocycles. The van der Waals surface area contributed by atoms with E-state index in [0.717, 1.165) is 13.1 Å². The second-order valence-electron chi connectivity index (χ2n) is 32.6. The van der Waals surface area contributed by atoms with E-state index in [1.807, 2.05) is 0 Å². The Labute approximate surface area is 723 Å². The number of rotatable bonds is 15. The average Bonchev–Trinajstić information content (AvgIpc) is 1.17. The van der Waals surface area contributed by atoms with Gasteiger partial charge in [0.2, 0.25) is 0 Å². The molecule has 0 N–H and O–H groups in total. The van der Waals surface area contributed by atoms with Crippen LogP contribution in [-0.2, 0) is 13.1 Å². The fraction of sp³-hybridized carbons (Fsp3) is 0.0328. The molecule has 584 valence electrons. The Kier molecular flexibility index (Phi) is 19.3. The minimum atomic E-state index is 0.937. The molecule has 0 amide bonds. The third-order valence-corrected chi connectivity index (χ3v) is 25.6. The molecule has 0 aliphatic heterocycles. The lowest BCUT2D eigenvalue weighted by Gasteiger charge is -2.20. The van der Waals surface area contributed by atoms with Gasteiger partial charge < -0.3 is 9.13 Å². The van der Waals surface area contributed by atoms with Crippen LogP contribution in [0.25, 0.3) is 231 Å². The van der Waals surface area contributed by atoms with Gasteiger partial charge in [-0.1, -0.05) is 400 Å². The summed E-state index contributed by atoms with van der Waals surface area (Å²) in [6.07, 6.45) is 0. The van der Waals surface area contributed by atoms with Crippen LogP contribution in [0.5, 0.6) is 0 Å². The SMILES string of the molecule is CCn1c2ccccc2c2cc(-c3ccc(-c4c5ccc(-c6ccccc6)cc5c(-c5ccc(-c6ccc(-c7ccccc7)cc6)cc5)c5ccc(-c6ccccc6)cc45)cc3)ccc21.CCn1c2ccccc2c2cc(-c3ccc(-c4c5ccc(-c6ccccc6)cc5c(-c5ccc(-c6ccccc6)cc5)c5ccc(-c6ccccc6)cc45)cc3)ccc21. The zero-order chi connectivity index (χ0) is 82.6. The van der Waals surface area contributed by atoms with Crippen molar-refractivity contribution in [2.75, 3.05) is 0 Å². The number of fused-ring (bicyclic) bond motifs is 10. The van der Waals surface area contributed by atoms with E-state index in [1.54, 1.807) is 0 Å². The van der Waals surface area contributed by atoms with Crippen LogP contribution in [0.2, 0.25) is 0 Å². The smallest absolute Gasteiger partial charge is 0.0491 e. The van der Waals surface area contributed by atoms with E-state index >= 15 is 0 Å². The predicted octanol–water partition coefficient (Wildman–Crippen LogP) is 33.9. The predicted molar refractivity (Wildman–Crippen MR) is 531 cm³/mol. The molecule has 2 heterocycles. The van der Waals surface area contributed by atoms with Crippen LogP contribution in [0.1, 0.15) is 13.8 Å². The highest BCUT2D eigenvalue weighted by molar-refractivity contribution is 6.25. The summed E-state index contributed by atoms with van der Waals surface area (Å²) in [6, 6.07) is 170. The van der Waals surface area contributed by atoms with Gasteiger partial charge in [-0.2, -0.15) is 0 Å². The minimum absolute atomic E-state index is 0.937. The van der Waals surface area contributed by atoms with Gasteiger partial charge in [-0.25, -0.2) is 0 Å². The Hall–Kier alpha value is -15.7. The first kappa shape index (κ1) is 74.5. The maximum absolute atomic E-state index is 2.42. The highest BCUT2D eigenvalue weighted by Gasteiger charge is 2.24. The summed E-state index contributed by atoms with van der Waals surface area (Å²) in [4.78, 5) is 0. The molecule has 0 saturated heterocycles. The lowest BCUT2D eigenvalue weighted by atomic mass is 9.83. The molecule has 0 radical (unpaired) electrons. The standard InChI is InChI=1S/C64H45N.C58H41N/c1-2-65-61-21-13-12-20-55(61)58-40-54(36-39-62(58)65)49-28-32-51(33-29-49)64-57-38-35-52(44-16-8-4-9-17-44)41-59(57)63(56-37-34-53(42-60(56)64)45-18-10-5-11-19-45)50-30-26-48(27-31-50)47-24-22-46(23-25-47)43-14-6-3-7-15-43;1-2-59-55-21-13-12-20-49(55)52-36-48(32-35-56(52)59)43-24-28-45(29-25-43)58-51-34-31-46(40-16-8-4-9-17-40)37-53(51)57(44-26-22-42(23-27-44)39-14-6-3-7-15-39)50-33-30-47(38-54(50)58)41-18-10-5-11-19-41/h3-42H,2H2,1H3;3-38H,2H2,1H3. The first-order valence-corrected chi connectivity index (χ1v) is 43.3. The summed E-state index contributed by atoms with van der Waals surface area (Å²) in [5.41, 5.74) is 36.8. The summed E-state index contributed by atoms with van der Waals surface area (Å²) in [7, 11) is 0. The fourth-order valence-corrected chi connectivity index (χ4v) is 19.5. The number of hydrogen-bond donors (Lipinski definition) is 0. The molecule has 0 fully saturated rings. The lowest BCUT2D eigenvalue weighted by Crippen LogP contribution is -1.93. The Morgan fingerprint density at radius 3 is 0.516 bits per heavy atom. The van der Waals surface area contributed by atoms with Gasteiger partial charge in [0.25, 0.3) is 0 Å². The highest BCUT2D eigenvalue weighted by Crippen LogP contribution is 2.50. The van der Waals surface area contributed by atoms with E-state index in [1.165, 1.54) is 231 Å². The van der Waals surface area contributed by atoms with Gasteiger partial charge in [0.15, 0.2) is 0 Å². The van der Waals surface area contributed by atoms with E-state index < -0.39 is 0 Å². The molecule has 2 aromatic heterocycles. The Morgan fingerprint density at radius 1 is 0.121 bits per heavy atom.